The zero-order chi connectivity index (χ0) is 17.1. The first-order valence-corrected chi connectivity index (χ1v) is 8.64. The number of hydrogen-bond acceptors (Lipinski definition) is 5. The Morgan fingerprint density at radius 3 is 2.54 bits per heavy atom. The third-order valence-corrected chi connectivity index (χ3v) is 5.02. The fourth-order valence-corrected chi connectivity index (χ4v) is 3.56. The van der Waals surface area contributed by atoms with E-state index >= 15 is 0 Å². The summed E-state index contributed by atoms with van der Waals surface area (Å²) in [7, 11) is 0. The topological polar surface area (TPSA) is 69.7 Å². The van der Waals surface area contributed by atoms with Gasteiger partial charge in [0.25, 0.3) is 0 Å². The second-order valence-electron chi connectivity index (χ2n) is 6.84. The van der Waals surface area contributed by atoms with Crippen molar-refractivity contribution in [2.24, 2.45) is 0 Å². The van der Waals surface area contributed by atoms with Crippen molar-refractivity contribution < 1.29 is 14.7 Å². The maximum atomic E-state index is 9.80. The van der Waals surface area contributed by atoms with Crippen LogP contribution in [0.3, 0.4) is 0 Å². The summed E-state index contributed by atoms with van der Waals surface area (Å²) in [6, 6.07) is 7.85. The van der Waals surface area contributed by atoms with Crippen molar-refractivity contribution in [1.82, 2.24) is 10.1 Å². The maximum absolute atomic E-state index is 9.80. The Balaban J connectivity index is 1.80. The van der Waals surface area contributed by atoms with Gasteiger partial charge in [0.15, 0.2) is 0 Å². The van der Waals surface area contributed by atoms with Crippen LogP contribution >= 0.6 is 0 Å². The van der Waals surface area contributed by atoms with Gasteiger partial charge in [-0.1, -0.05) is 17.3 Å². The van der Waals surface area contributed by atoms with Crippen LogP contribution in [-0.2, 0) is 13.1 Å². The average Bonchev–Trinajstić information content (AvgIpc) is 2.87. The molecular weight excluding hydrogens is 304 g/mol. The van der Waals surface area contributed by atoms with E-state index in [-0.39, 0.29) is 6.10 Å². The molecule has 0 amide bonds. The first-order valence-electron chi connectivity index (χ1n) is 8.64. The minimum Gasteiger partial charge on any atom is -0.508 e. The summed E-state index contributed by atoms with van der Waals surface area (Å²) in [5, 5.41) is 23.6. The Morgan fingerprint density at radius 2 is 1.92 bits per heavy atom. The summed E-state index contributed by atoms with van der Waals surface area (Å²) in [5.41, 5.74) is 3.17. The third-order valence-electron chi connectivity index (χ3n) is 5.02. The van der Waals surface area contributed by atoms with Gasteiger partial charge < -0.3 is 14.7 Å². The van der Waals surface area contributed by atoms with Crippen molar-refractivity contribution in [1.29, 1.82) is 0 Å². The van der Waals surface area contributed by atoms with Crippen molar-refractivity contribution in [3.05, 3.63) is 46.8 Å². The number of aromatic nitrogens is 1. The van der Waals surface area contributed by atoms with E-state index in [1.54, 1.807) is 6.07 Å². The number of aliphatic hydroxyl groups is 1. The summed E-state index contributed by atoms with van der Waals surface area (Å²) in [6.45, 7) is 5.46. The van der Waals surface area contributed by atoms with Crippen LogP contribution in [0.1, 0.15) is 48.3 Å². The van der Waals surface area contributed by atoms with Crippen molar-refractivity contribution in [3.8, 4) is 5.75 Å². The van der Waals surface area contributed by atoms with E-state index in [1.165, 1.54) is 0 Å². The summed E-state index contributed by atoms with van der Waals surface area (Å²) in [6.07, 6.45) is 3.51. The Hall–Kier alpha value is -1.85. The summed E-state index contributed by atoms with van der Waals surface area (Å²) >= 11 is 0. The Labute approximate surface area is 142 Å². The second-order valence-corrected chi connectivity index (χ2v) is 6.84. The molecule has 5 nitrogen and oxygen atoms in total. The lowest BCUT2D eigenvalue weighted by Gasteiger charge is -2.36. The number of benzene rings is 1. The van der Waals surface area contributed by atoms with Gasteiger partial charge in [-0.05, 0) is 57.2 Å². The highest BCUT2D eigenvalue weighted by Crippen LogP contribution is 2.28. The second kappa shape index (κ2) is 7.36. The fourth-order valence-electron chi connectivity index (χ4n) is 3.56. The van der Waals surface area contributed by atoms with Crippen LogP contribution in [0.15, 0.2) is 28.8 Å². The van der Waals surface area contributed by atoms with Crippen molar-refractivity contribution in [3.63, 3.8) is 0 Å². The van der Waals surface area contributed by atoms with Gasteiger partial charge in [0, 0.05) is 24.7 Å². The van der Waals surface area contributed by atoms with E-state index in [2.05, 4.69) is 10.1 Å². The van der Waals surface area contributed by atoms with Crippen LogP contribution in [0.25, 0.3) is 0 Å². The molecule has 1 saturated carbocycles. The van der Waals surface area contributed by atoms with E-state index in [9.17, 15) is 10.2 Å². The van der Waals surface area contributed by atoms with Crippen LogP contribution in [-0.4, -0.2) is 32.4 Å². The summed E-state index contributed by atoms with van der Waals surface area (Å²) < 4.78 is 5.31. The first kappa shape index (κ1) is 17.0. The van der Waals surface area contributed by atoms with Gasteiger partial charge in [-0.15, -0.1) is 0 Å². The van der Waals surface area contributed by atoms with Crippen LogP contribution < -0.4 is 0 Å². The molecule has 0 saturated heterocycles. The van der Waals surface area contributed by atoms with Gasteiger partial charge in [0.2, 0.25) is 0 Å². The number of aromatic hydroxyl groups is 1. The molecule has 1 aliphatic rings. The normalized spacial score (nSPS) is 21.3. The average molecular weight is 330 g/mol. The van der Waals surface area contributed by atoms with E-state index in [1.807, 2.05) is 32.0 Å². The van der Waals surface area contributed by atoms with Crippen LogP contribution in [0, 0.1) is 13.8 Å². The van der Waals surface area contributed by atoms with Crippen LogP contribution in [0.4, 0.5) is 0 Å². The first-order chi connectivity index (χ1) is 11.5. The Bertz CT molecular complexity index is 656. The molecule has 2 aromatic rings. The van der Waals surface area contributed by atoms with Crippen molar-refractivity contribution in [2.75, 3.05) is 0 Å². The molecule has 130 valence electrons. The largest absolute Gasteiger partial charge is 0.508 e. The molecular formula is C19H26N2O3. The molecule has 24 heavy (non-hydrogen) atoms. The highest BCUT2D eigenvalue weighted by molar-refractivity contribution is 5.27. The van der Waals surface area contributed by atoms with Gasteiger partial charge in [0.1, 0.15) is 11.5 Å². The molecule has 1 heterocycles. The minimum atomic E-state index is -0.164. The molecule has 0 unspecified atom stereocenters. The van der Waals surface area contributed by atoms with Crippen LogP contribution in [0.2, 0.25) is 0 Å². The SMILES string of the molecule is Cc1noc(C)c1CN(Cc1cccc(O)c1)C1CCC(O)CC1. The molecule has 1 aromatic heterocycles. The molecule has 3 rings (SSSR count). The smallest absolute Gasteiger partial charge is 0.138 e. The summed E-state index contributed by atoms with van der Waals surface area (Å²) in [5.74, 6) is 1.16. The number of rotatable bonds is 5. The molecule has 5 heteroatoms. The monoisotopic (exact) mass is 330 g/mol. The van der Waals surface area contributed by atoms with Gasteiger partial charge >= 0.3 is 0 Å². The van der Waals surface area contributed by atoms with E-state index in [0.29, 0.717) is 11.8 Å². The van der Waals surface area contributed by atoms with Gasteiger partial charge in [0.05, 0.1) is 11.8 Å². The molecule has 2 N–H and O–H groups in total. The predicted molar refractivity (Wildman–Crippen MR) is 91.6 cm³/mol. The number of phenols is 1. The summed E-state index contributed by atoms with van der Waals surface area (Å²) in [4.78, 5) is 2.42. The zero-order valence-electron chi connectivity index (χ0n) is 14.4. The number of aliphatic hydroxyl groups excluding tert-OH is 1. The van der Waals surface area contributed by atoms with Crippen molar-refractivity contribution in [2.45, 2.75) is 64.8 Å². The van der Waals surface area contributed by atoms with Gasteiger partial charge in [-0.25, -0.2) is 0 Å². The minimum absolute atomic E-state index is 0.164. The molecule has 0 aliphatic heterocycles. The van der Waals surface area contributed by atoms with Gasteiger partial charge in [-0.2, -0.15) is 0 Å². The van der Waals surface area contributed by atoms with Crippen molar-refractivity contribution >= 4 is 0 Å². The molecule has 1 fully saturated rings. The van der Waals surface area contributed by atoms with Crippen LogP contribution in [0.5, 0.6) is 5.75 Å². The lowest BCUT2D eigenvalue weighted by atomic mass is 9.91. The zero-order valence-corrected chi connectivity index (χ0v) is 14.4. The molecule has 1 aliphatic carbocycles. The highest BCUT2D eigenvalue weighted by Gasteiger charge is 2.26. The lowest BCUT2D eigenvalue weighted by Crippen LogP contribution is -2.38. The van der Waals surface area contributed by atoms with Gasteiger partial charge in [-0.3, -0.25) is 4.90 Å². The number of nitrogens with zero attached hydrogens (tertiary/aromatic N) is 2. The Morgan fingerprint density at radius 1 is 1.17 bits per heavy atom. The third kappa shape index (κ3) is 3.97. The fraction of sp³-hybridized carbons (Fsp3) is 0.526. The van der Waals surface area contributed by atoms with E-state index in [0.717, 1.165) is 61.4 Å². The number of phenolic OH excluding ortho intramolecular Hbond substituents is 1. The Kier molecular flexibility index (Phi) is 5.21. The molecule has 0 bridgehead atoms. The quantitative estimate of drug-likeness (QED) is 0.880. The van der Waals surface area contributed by atoms with E-state index < -0.39 is 0 Å². The van der Waals surface area contributed by atoms with E-state index in [4.69, 9.17) is 4.52 Å². The highest BCUT2D eigenvalue weighted by atomic mass is 16.5. The lowest BCUT2D eigenvalue weighted by molar-refractivity contribution is 0.0662. The number of hydrogen-bond donors (Lipinski definition) is 2. The maximum Gasteiger partial charge on any atom is 0.138 e. The molecule has 1 aromatic carbocycles. The molecule has 0 spiro atoms. The standard InChI is InChI=1S/C19H26N2O3/c1-13-19(14(2)24-20-13)12-21(16-6-8-17(22)9-7-16)11-15-4-3-5-18(23)10-15/h3-5,10,16-17,22-23H,6-9,11-12H2,1-2H3. The number of aryl methyl sites for hydroxylation is 2. The molecule has 0 radical (unpaired) electrons. The predicted octanol–water partition coefficient (Wildman–Crippen LogP) is 3.30. The molecule has 0 atom stereocenters.